The summed E-state index contributed by atoms with van der Waals surface area (Å²) in [4.78, 5) is 12.7. The summed E-state index contributed by atoms with van der Waals surface area (Å²) in [5.41, 5.74) is 0.870. The third-order valence-electron chi connectivity index (χ3n) is 5.37. The van der Waals surface area contributed by atoms with Gasteiger partial charge < -0.3 is 14.8 Å². The zero-order valence-electron chi connectivity index (χ0n) is 13.1. The van der Waals surface area contributed by atoms with E-state index >= 15 is 0 Å². The lowest BCUT2D eigenvalue weighted by Crippen LogP contribution is -2.53. The first-order chi connectivity index (χ1) is 10.5. The number of amides is 1. The van der Waals surface area contributed by atoms with E-state index in [1.165, 1.54) is 0 Å². The molecular formula is C18H23NO3. The highest BCUT2D eigenvalue weighted by atomic mass is 16.8. The Morgan fingerprint density at radius 1 is 1.14 bits per heavy atom. The average Bonchev–Trinajstić information content (AvgIpc) is 2.85. The Bertz CT molecular complexity index is 571. The topological polar surface area (TPSA) is 47.6 Å². The molecule has 4 fully saturated rings. The first-order valence-corrected chi connectivity index (χ1v) is 8.25. The molecule has 1 aliphatic heterocycles. The van der Waals surface area contributed by atoms with Crippen LogP contribution in [0.2, 0.25) is 0 Å². The molecule has 3 saturated carbocycles. The van der Waals surface area contributed by atoms with Crippen molar-refractivity contribution in [2.45, 2.75) is 51.1 Å². The van der Waals surface area contributed by atoms with Crippen LogP contribution in [-0.4, -0.2) is 23.9 Å². The number of rotatable bonds is 2. The Balaban J connectivity index is 1.51. The summed E-state index contributed by atoms with van der Waals surface area (Å²) in [5.74, 6) is 0.384. The van der Waals surface area contributed by atoms with Crippen molar-refractivity contribution in [3.8, 4) is 0 Å². The highest BCUT2D eigenvalue weighted by molar-refractivity contribution is 5.93. The number of benzene rings is 1. The molecule has 1 aromatic carbocycles. The second-order valence-corrected chi connectivity index (χ2v) is 7.26. The molecular weight excluding hydrogens is 278 g/mol. The smallest absolute Gasteiger partial charge is 0.227 e. The lowest BCUT2D eigenvalue weighted by Gasteiger charge is -2.47. The predicted molar refractivity (Wildman–Crippen MR) is 83.2 cm³/mol. The van der Waals surface area contributed by atoms with Crippen molar-refractivity contribution in [1.29, 1.82) is 0 Å². The number of para-hydroxylation sites is 1. The third kappa shape index (κ3) is 2.34. The van der Waals surface area contributed by atoms with Gasteiger partial charge in [0, 0.05) is 11.6 Å². The van der Waals surface area contributed by atoms with Crippen molar-refractivity contribution in [2.75, 3.05) is 5.32 Å². The van der Waals surface area contributed by atoms with Crippen LogP contribution in [0.4, 0.5) is 5.69 Å². The van der Waals surface area contributed by atoms with Gasteiger partial charge in [0.1, 0.15) is 0 Å². The van der Waals surface area contributed by atoms with Gasteiger partial charge in [0.2, 0.25) is 5.91 Å². The lowest BCUT2D eigenvalue weighted by atomic mass is 9.61. The van der Waals surface area contributed by atoms with Gasteiger partial charge in [-0.15, -0.1) is 0 Å². The molecule has 0 spiro atoms. The largest absolute Gasteiger partial charge is 0.344 e. The highest BCUT2D eigenvalue weighted by Crippen LogP contribution is 2.52. The van der Waals surface area contributed by atoms with Gasteiger partial charge in [0.05, 0.1) is 12.2 Å². The van der Waals surface area contributed by atoms with Gasteiger partial charge in [0.25, 0.3) is 0 Å². The van der Waals surface area contributed by atoms with Gasteiger partial charge in [-0.1, -0.05) is 18.2 Å². The maximum atomic E-state index is 12.7. The second kappa shape index (κ2) is 5.07. The summed E-state index contributed by atoms with van der Waals surface area (Å²) in [6, 6.07) is 9.69. The Morgan fingerprint density at radius 2 is 1.86 bits per heavy atom. The van der Waals surface area contributed by atoms with Gasteiger partial charge in [-0.05, 0) is 57.1 Å². The van der Waals surface area contributed by atoms with Gasteiger partial charge >= 0.3 is 0 Å². The quantitative estimate of drug-likeness (QED) is 0.912. The second-order valence-electron chi connectivity index (χ2n) is 7.26. The number of hydrogen-bond donors (Lipinski definition) is 1. The van der Waals surface area contributed by atoms with Crippen LogP contribution >= 0.6 is 0 Å². The molecule has 1 amide bonds. The minimum absolute atomic E-state index is 0.0395. The normalized spacial score (nSPS) is 38.5. The third-order valence-corrected chi connectivity index (χ3v) is 5.37. The van der Waals surface area contributed by atoms with Crippen LogP contribution in [0.25, 0.3) is 0 Å². The van der Waals surface area contributed by atoms with Crippen molar-refractivity contribution >= 4 is 11.6 Å². The van der Waals surface area contributed by atoms with E-state index < -0.39 is 5.79 Å². The first kappa shape index (κ1) is 14.2. The van der Waals surface area contributed by atoms with Gasteiger partial charge in [-0.3, -0.25) is 4.79 Å². The van der Waals surface area contributed by atoms with E-state index in [1.807, 2.05) is 44.2 Å². The standard InChI is InChI=1S/C18H23NO3/c1-18(2)21-15-11-8-9-13(16(15)22-18)14(10-11)17(20)19-12-6-4-3-5-7-12/h3-7,11,13-16H,8-10H2,1-2H3,(H,19,20)/t11-,13+,14+,15+,16-/m1/s1. The van der Waals surface area contributed by atoms with E-state index in [2.05, 4.69) is 5.32 Å². The summed E-state index contributed by atoms with van der Waals surface area (Å²) < 4.78 is 12.2. The Kier molecular flexibility index (Phi) is 3.27. The number of fused-ring (bicyclic) bond motifs is 2. The fourth-order valence-electron chi connectivity index (χ4n) is 4.49. The molecule has 22 heavy (non-hydrogen) atoms. The molecule has 1 saturated heterocycles. The number of carbonyl (C=O) groups is 1. The molecule has 0 unspecified atom stereocenters. The van der Waals surface area contributed by atoms with Crippen LogP contribution in [0.5, 0.6) is 0 Å². The number of anilines is 1. The van der Waals surface area contributed by atoms with Gasteiger partial charge in [-0.2, -0.15) is 0 Å². The SMILES string of the molecule is CC1(C)O[C@@H]2[C@H]3CC[C@H](C[C@@H]3C(=O)Nc3ccccc3)[C@@H]2O1. The minimum atomic E-state index is -0.513. The Labute approximate surface area is 131 Å². The van der Waals surface area contributed by atoms with E-state index in [0.717, 1.165) is 24.9 Å². The number of hydrogen-bond acceptors (Lipinski definition) is 3. The minimum Gasteiger partial charge on any atom is -0.344 e. The van der Waals surface area contributed by atoms with Gasteiger partial charge in [-0.25, -0.2) is 0 Å². The van der Waals surface area contributed by atoms with Crippen molar-refractivity contribution in [1.82, 2.24) is 0 Å². The molecule has 4 nitrogen and oxygen atoms in total. The van der Waals surface area contributed by atoms with Crippen molar-refractivity contribution in [2.24, 2.45) is 17.8 Å². The zero-order chi connectivity index (χ0) is 15.3. The molecule has 2 bridgehead atoms. The van der Waals surface area contributed by atoms with E-state index in [1.54, 1.807) is 0 Å². The van der Waals surface area contributed by atoms with Crippen molar-refractivity contribution < 1.29 is 14.3 Å². The van der Waals surface area contributed by atoms with E-state index in [0.29, 0.717) is 5.92 Å². The summed E-state index contributed by atoms with van der Waals surface area (Å²) in [6.45, 7) is 3.95. The Morgan fingerprint density at radius 3 is 2.64 bits per heavy atom. The highest BCUT2D eigenvalue weighted by Gasteiger charge is 2.57. The maximum Gasteiger partial charge on any atom is 0.227 e. The van der Waals surface area contributed by atoms with Crippen LogP contribution in [-0.2, 0) is 14.3 Å². The molecule has 0 aromatic heterocycles. The molecule has 5 rings (SSSR count). The van der Waals surface area contributed by atoms with Crippen LogP contribution in [0.15, 0.2) is 30.3 Å². The maximum absolute atomic E-state index is 12.7. The number of ether oxygens (including phenoxy) is 2. The molecule has 3 aliphatic carbocycles. The fraction of sp³-hybridized carbons (Fsp3) is 0.611. The summed E-state index contributed by atoms with van der Waals surface area (Å²) >= 11 is 0. The molecule has 4 heteroatoms. The molecule has 118 valence electrons. The van der Waals surface area contributed by atoms with E-state index in [9.17, 15) is 4.79 Å². The molecule has 1 N–H and O–H groups in total. The Hall–Kier alpha value is -1.39. The first-order valence-electron chi connectivity index (χ1n) is 8.25. The number of carbonyl (C=O) groups excluding carboxylic acids is 1. The molecule has 1 heterocycles. The predicted octanol–water partition coefficient (Wildman–Crippen LogP) is 3.19. The summed E-state index contributed by atoms with van der Waals surface area (Å²) in [5, 5.41) is 3.06. The lowest BCUT2D eigenvalue weighted by molar-refractivity contribution is -0.150. The molecule has 1 aromatic rings. The van der Waals surface area contributed by atoms with Crippen LogP contribution in [0.1, 0.15) is 33.1 Å². The molecule has 0 radical (unpaired) electrons. The van der Waals surface area contributed by atoms with E-state index in [-0.39, 0.29) is 30.0 Å². The van der Waals surface area contributed by atoms with Crippen molar-refractivity contribution in [3.63, 3.8) is 0 Å². The molecule has 5 atom stereocenters. The molecule has 4 aliphatic rings. The van der Waals surface area contributed by atoms with Crippen LogP contribution in [0, 0.1) is 17.8 Å². The van der Waals surface area contributed by atoms with Crippen LogP contribution in [0.3, 0.4) is 0 Å². The van der Waals surface area contributed by atoms with Crippen molar-refractivity contribution in [3.05, 3.63) is 30.3 Å². The number of nitrogens with one attached hydrogen (secondary N) is 1. The summed E-state index contributed by atoms with van der Waals surface area (Å²) in [6.07, 6.45) is 3.39. The monoisotopic (exact) mass is 301 g/mol. The van der Waals surface area contributed by atoms with E-state index in [4.69, 9.17) is 9.47 Å². The van der Waals surface area contributed by atoms with Gasteiger partial charge in [0.15, 0.2) is 5.79 Å². The zero-order valence-corrected chi connectivity index (χ0v) is 13.1. The van der Waals surface area contributed by atoms with Crippen LogP contribution < -0.4 is 5.32 Å². The fourth-order valence-corrected chi connectivity index (χ4v) is 4.49. The average molecular weight is 301 g/mol. The summed E-state index contributed by atoms with van der Waals surface area (Å²) in [7, 11) is 0.